The predicted octanol–water partition coefficient (Wildman–Crippen LogP) is -1.04. The molecule has 0 bridgehead atoms. The number of Topliss-reactive ketones (excluding diaryl/α,β-unsaturated/α-hetero) is 1. The van der Waals surface area contributed by atoms with Gasteiger partial charge in [-0.3, -0.25) is 9.59 Å². The minimum absolute atomic E-state index is 0.200. The van der Waals surface area contributed by atoms with Crippen LogP contribution in [0.3, 0.4) is 0 Å². The summed E-state index contributed by atoms with van der Waals surface area (Å²) in [5, 5.41) is 33.1. The molecule has 1 amide bonds. The number of ether oxygens (including phenoxy) is 1. The van der Waals surface area contributed by atoms with Gasteiger partial charge in [0.15, 0.2) is 12.0 Å². The van der Waals surface area contributed by atoms with Gasteiger partial charge in [0, 0.05) is 11.8 Å². The lowest BCUT2D eigenvalue weighted by Crippen LogP contribution is -2.44. The van der Waals surface area contributed by atoms with Crippen LogP contribution >= 0.6 is 0 Å². The molecular weight excluding hydrogens is 332 g/mol. The Kier molecular flexibility index (Phi) is 3.41. The van der Waals surface area contributed by atoms with E-state index in [4.69, 9.17) is 4.74 Å². The lowest BCUT2D eigenvalue weighted by atomic mass is 9.96. The van der Waals surface area contributed by atoms with Gasteiger partial charge in [0.2, 0.25) is 5.91 Å². The molecular formula is C15H16N4O6. The SMILES string of the molecule is C[C@@]1(O)[C@H](O)[C@@H](CO)O[C@H]1n1cc2c3c(ncnc31)NC(=O)CC2=O. The zero-order chi connectivity index (χ0) is 17.9. The van der Waals surface area contributed by atoms with Gasteiger partial charge in [-0.15, -0.1) is 0 Å². The van der Waals surface area contributed by atoms with Crippen LogP contribution in [0.4, 0.5) is 5.82 Å². The predicted molar refractivity (Wildman–Crippen MR) is 82.7 cm³/mol. The summed E-state index contributed by atoms with van der Waals surface area (Å²) in [5.74, 6) is -0.675. The minimum atomic E-state index is -1.72. The molecule has 0 spiro atoms. The first-order chi connectivity index (χ1) is 11.8. The van der Waals surface area contributed by atoms with Crippen LogP contribution < -0.4 is 5.32 Å². The smallest absolute Gasteiger partial charge is 0.233 e. The fourth-order valence-electron chi connectivity index (χ4n) is 3.38. The standard InChI is InChI=1S/C15H16N4O6/c1-15(24)11(23)8(4-20)25-14(15)19-3-6-7(21)2-9(22)18-12-10(6)13(19)17-5-16-12/h3,5,8,11,14,20,23-24H,2,4H2,1H3,(H,16,17,18,22)/t8-,11-,14-,15-/m1/s1. The summed E-state index contributed by atoms with van der Waals surface area (Å²) in [5.41, 5.74) is -1.23. The lowest BCUT2D eigenvalue weighted by molar-refractivity contribution is -0.115. The molecule has 0 unspecified atom stereocenters. The van der Waals surface area contributed by atoms with E-state index in [1.54, 1.807) is 0 Å². The maximum atomic E-state index is 12.4. The van der Waals surface area contributed by atoms with Crippen LogP contribution in [0.1, 0.15) is 29.9 Å². The summed E-state index contributed by atoms with van der Waals surface area (Å²) in [6.45, 7) is 0.899. The van der Waals surface area contributed by atoms with E-state index in [1.807, 2.05) is 0 Å². The van der Waals surface area contributed by atoms with Gasteiger partial charge in [0.05, 0.1) is 18.4 Å². The van der Waals surface area contributed by atoms with Crippen molar-refractivity contribution < 1.29 is 29.6 Å². The normalized spacial score (nSPS) is 32.1. The summed E-state index contributed by atoms with van der Waals surface area (Å²) in [4.78, 5) is 32.2. The number of amides is 1. The van der Waals surface area contributed by atoms with Gasteiger partial charge in [0.25, 0.3) is 0 Å². The monoisotopic (exact) mass is 348 g/mol. The van der Waals surface area contributed by atoms with Gasteiger partial charge in [-0.25, -0.2) is 9.97 Å². The minimum Gasteiger partial charge on any atom is -0.394 e. The Balaban J connectivity index is 1.92. The number of aliphatic hydroxyl groups excluding tert-OH is 2. The third kappa shape index (κ3) is 2.19. The Morgan fingerprint density at radius 1 is 1.44 bits per heavy atom. The molecule has 0 saturated carbocycles. The first-order valence-electron chi connectivity index (χ1n) is 7.70. The number of aromatic nitrogens is 3. The number of nitrogens with one attached hydrogen (secondary N) is 1. The van der Waals surface area contributed by atoms with E-state index in [2.05, 4.69) is 15.3 Å². The van der Waals surface area contributed by atoms with Crippen LogP contribution in [-0.4, -0.2) is 66.0 Å². The largest absolute Gasteiger partial charge is 0.394 e. The fourth-order valence-corrected chi connectivity index (χ4v) is 3.38. The molecule has 4 heterocycles. The van der Waals surface area contributed by atoms with Crippen LogP contribution in [0.5, 0.6) is 0 Å². The Bertz CT molecular complexity index is 892. The highest BCUT2D eigenvalue weighted by molar-refractivity contribution is 6.21. The van der Waals surface area contributed by atoms with Gasteiger partial charge in [-0.05, 0) is 6.92 Å². The van der Waals surface area contributed by atoms with Gasteiger partial charge in [-0.1, -0.05) is 0 Å². The van der Waals surface area contributed by atoms with Crippen LogP contribution in [0.2, 0.25) is 0 Å². The van der Waals surface area contributed by atoms with Crippen molar-refractivity contribution in [2.45, 2.75) is 37.4 Å². The van der Waals surface area contributed by atoms with Crippen molar-refractivity contribution in [1.82, 2.24) is 14.5 Å². The molecule has 0 radical (unpaired) electrons. The molecule has 4 rings (SSSR count). The van der Waals surface area contributed by atoms with E-state index < -0.39 is 42.3 Å². The molecule has 2 aromatic rings. The molecule has 2 aliphatic heterocycles. The summed E-state index contributed by atoms with van der Waals surface area (Å²) in [6, 6.07) is 0. The van der Waals surface area contributed by atoms with Crippen molar-refractivity contribution in [3.05, 3.63) is 18.1 Å². The molecule has 10 heteroatoms. The number of nitrogens with zero attached hydrogens (tertiary/aromatic N) is 3. The highest BCUT2D eigenvalue weighted by atomic mass is 16.6. The Morgan fingerprint density at radius 2 is 2.20 bits per heavy atom. The highest BCUT2D eigenvalue weighted by Gasteiger charge is 2.53. The topological polar surface area (TPSA) is 147 Å². The van der Waals surface area contributed by atoms with Crippen LogP contribution in [0, 0.1) is 0 Å². The number of ketones is 1. The van der Waals surface area contributed by atoms with Crippen molar-refractivity contribution in [2.75, 3.05) is 11.9 Å². The van der Waals surface area contributed by atoms with Crippen molar-refractivity contribution >= 4 is 28.5 Å². The third-order valence-corrected chi connectivity index (χ3v) is 4.68. The number of rotatable bonds is 2. The van der Waals surface area contributed by atoms with Gasteiger partial charge in [0.1, 0.15) is 35.6 Å². The molecule has 2 aliphatic rings. The van der Waals surface area contributed by atoms with E-state index in [1.165, 1.54) is 24.0 Å². The highest BCUT2D eigenvalue weighted by Crippen LogP contribution is 2.41. The maximum absolute atomic E-state index is 12.4. The molecule has 2 aromatic heterocycles. The van der Waals surface area contributed by atoms with Gasteiger partial charge >= 0.3 is 0 Å². The summed E-state index contributed by atoms with van der Waals surface area (Å²) < 4.78 is 7.01. The van der Waals surface area contributed by atoms with Crippen molar-refractivity contribution in [3.8, 4) is 0 Å². The fraction of sp³-hybridized carbons (Fsp3) is 0.467. The Labute approximate surface area is 141 Å². The second-order valence-electron chi connectivity index (χ2n) is 6.40. The van der Waals surface area contributed by atoms with Gasteiger partial charge < -0.3 is 29.9 Å². The first-order valence-corrected chi connectivity index (χ1v) is 7.70. The average molecular weight is 348 g/mol. The average Bonchev–Trinajstić information content (AvgIpc) is 3.00. The maximum Gasteiger partial charge on any atom is 0.233 e. The second-order valence-corrected chi connectivity index (χ2v) is 6.40. The molecule has 4 N–H and O–H groups in total. The number of carbonyl (C=O) groups is 2. The van der Waals surface area contributed by atoms with Crippen LogP contribution in [-0.2, 0) is 9.53 Å². The summed E-state index contributed by atoms with van der Waals surface area (Å²) in [6.07, 6.45) is -1.08. The molecule has 0 aliphatic carbocycles. The van der Waals surface area contributed by atoms with E-state index >= 15 is 0 Å². The van der Waals surface area contributed by atoms with E-state index in [0.717, 1.165) is 0 Å². The van der Waals surface area contributed by atoms with E-state index in [-0.39, 0.29) is 23.4 Å². The number of hydrogen-bond donors (Lipinski definition) is 4. The summed E-state index contributed by atoms with van der Waals surface area (Å²) in [7, 11) is 0. The molecule has 132 valence electrons. The van der Waals surface area contributed by atoms with Crippen molar-refractivity contribution in [3.63, 3.8) is 0 Å². The number of carbonyl (C=O) groups excluding carboxylic acids is 2. The first kappa shape index (κ1) is 16.1. The molecule has 10 nitrogen and oxygen atoms in total. The van der Waals surface area contributed by atoms with Crippen molar-refractivity contribution in [1.29, 1.82) is 0 Å². The van der Waals surface area contributed by atoms with E-state index in [9.17, 15) is 24.9 Å². The molecule has 1 saturated heterocycles. The number of aliphatic hydroxyl groups is 3. The quantitative estimate of drug-likeness (QED) is 0.503. The molecule has 25 heavy (non-hydrogen) atoms. The van der Waals surface area contributed by atoms with E-state index in [0.29, 0.717) is 5.39 Å². The Morgan fingerprint density at radius 3 is 2.88 bits per heavy atom. The second kappa shape index (κ2) is 5.30. The van der Waals surface area contributed by atoms with Gasteiger partial charge in [-0.2, -0.15) is 0 Å². The lowest BCUT2D eigenvalue weighted by Gasteiger charge is -2.27. The number of hydrogen-bond acceptors (Lipinski definition) is 8. The molecule has 0 aromatic carbocycles. The van der Waals surface area contributed by atoms with Crippen LogP contribution in [0.15, 0.2) is 12.5 Å². The number of anilines is 1. The zero-order valence-electron chi connectivity index (χ0n) is 13.2. The zero-order valence-corrected chi connectivity index (χ0v) is 13.2. The summed E-state index contributed by atoms with van der Waals surface area (Å²) >= 11 is 0. The third-order valence-electron chi connectivity index (χ3n) is 4.68. The van der Waals surface area contributed by atoms with Crippen molar-refractivity contribution in [2.24, 2.45) is 0 Å². The molecule has 4 atom stereocenters. The van der Waals surface area contributed by atoms with Crippen LogP contribution in [0.25, 0.3) is 11.0 Å². The Hall–Kier alpha value is -2.40. The molecule has 1 fully saturated rings.